The van der Waals surface area contributed by atoms with Crippen molar-refractivity contribution in [2.24, 2.45) is 0 Å². The van der Waals surface area contributed by atoms with E-state index < -0.39 is 5.97 Å². The van der Waals surface area contributed by atoms with Gasteiger partial charge >= 0.3 is 5.97 Å². The first kappa shape index (κ1) is 28.3. The Morgan fingerprint density at radius 2 is 1.60 bits per heavy atom. The predicted molar refractivity (Wildman–Crippen MR) is 165 cm³/mol. The van der Waals surface area contributed by atoms with Crippen LogP contribution < -0.4 is 5.32 Å². The summed E-state index contributed by atoms with van der Waals surface area (Å²) in [6.45, 7) is 1.92. The fraction of sp³-hybridized carbons (Fsp3) is 0.364. The van der Waals surface area contributed by atoms with E-state index in [0.717, 1.165) is 48.8 Å². The summed E-state index contributed by atoms with van der Waals surface area (Å²) in [7, 11) is 1.41. The van der Waals surface area contributed by atoms with Crippen molar-refractivity contribution in [2.45, 2.75) is 71.1 Å². The van der Waals surface area contributed by atoms with Crippen LogP contribution in [0.2, 0.25) is 5.02 Å². The Bertz CT molecular complexity index is 1530. The van der Waals surface area contributed by atoms with Crippen molar-refractivity contribution >= 4 is 50.7 Å². The number of aromatic nitrogens is 1. The topological polar surface area (TPSA) is 68.3 Å². The van der Waals surface area contributed by atoms with Gasteiger partial charge in [-0.15, -0.1) is 11.3 Å². The van der Waals surface area contributed by atoms with Crippen molar-refractivity contribution < 1.29 is 14.3 Å². The van der Waals surface area contributed by atoms with Gasteiger partial charge in [0.2, 0.25) is 0 Å². The van der Waals surface area contributed by atoms with Gasteiger partial charge in [0.1, 0.15) is 5.00 Å². The number of anilines is 1. The van der Waals surface area contributed by atoms with Crippen LogP contribution in [-0.4, -0.2) is 24.0 Å². The molecule has 5 nitrogen and oxygen atoms in total. The van der Waals surface area contributed by atoms with Gasteiger partial charge in [-0.3, -0.25) is 4.79 Å². The molecule has 1 aliphatic rings. The maximum atomic E-state index is 14.0. The average molecular weight is 575 g/mol. The minimum Gasteiger partial charge on any atom is -0.465 e. The fourth-order valence-electron chi connectivity index (χ4n) is 5.55. The molecule has 0 spiro atoms. The Morgan fingerprint density at radius 3 is 2.30 bits per heavy atom. The summed E-state index contributed by atoms with van der Waals surface area (Å²) in [5.74, 6) is -0.680. The van der Waals surface area contributed by atoms with Crippen LogP contribution in [0.25, 0.3) is 22.2 Å². The summed E-state index contributed by atoms with van der Waals surface area (Å²) in [6.07, 6.45) is 11.2. The Morgan fingerprint density at radius 1 is 0.925 bits per heavy atom. The fourth-order valence-corrected chi connectivity index (χ4v) is 6.98. The van der Waals surface area contributed by atoms with Gasteiger partial charge in [0.05, 0.1) is 29.4 Å². The third-order valence-corrected chi connectivity index (χ3v) is 9.39. The number of carbonyl (C=O) groups excluding carboxylic acids is 2. The van der Waals surface area contributed by atoms with Crippen LogP contribution in [0.5, 0.6) is 0 Å². The lowest BCUT2D eigenvalue weighted by molar-refractivity contribution is 0.0601. The number of fused-ring (bicyclic) bond motifs is 2. The van der Waals surface area contributed by atoms with Crippen molar-refractivity contribution in [2.75, 3.05) is 12.4 Å². The largest absolute Gasteiger partial charge is 0.465 e. The van der Waals surface area contributed by atoms with E-state index >= 15 is 0 Å². The predicted octanol–water partition coefficient (Wildman–Crippen LogP) is 9.18. The smallest absolute Gasteiger partial charge is 0.341 e. The van der Waals surface area contributed by atoms with Gasteiger partial charge in [-0.2, -0.15) is 0 Å². The molecule has 0 bridgehead atoms. The number of esters is 1. The number of thiophene rings is 1. The highest BCUT2D eigenvalue weighted by Crippen LogP contribution is 2.38. The molecule has 5 rings (SSSR count). The highest BCUT2D eigenvalue weighted by atomic mass is 35.5. The van der Waals surface area contributed by atoms with Crippen LogP contribution in [0.1, 0.15) is 88.1 Å². The Kier molecular flexibility index (Phi) is 9.18. The van der Waals surface area contributed by atoms with Crippen molar-refractivity contribution in [3.05, 3.63) is 80.7 Å². The van der Waals surface area contributed by atoms with Crippen molar-refractivity contribution in [1.82, 2.24) is 4.98 Å². The van der Waals surface area contributed by atoms with Gasteiger partial charge in [-0.05, 0) is 55.9 Å². The molecule has 0 fully saturated rings. The van der Waals surface area contributed by atoms with E-state index in [1.165, 1.54) is 55.4 Å². The molecule has 1 aliphatic carbocycles. The Hall–Kier alpha value is -3.22. The SMILES string of the molecule is COC(=O)c1c(NC(=O)c2cc(-c3ccccc3)nc3c(C)c(Cl)ccc23)sc2c1CCCCCCCCCC2. The van der Waals surface area contributed by atoms with Crippen LogP contribution in [0.15, 0.2) is 48.5 Å². The lowest BCUT2D eigenvalue weighted by Gasteiger charge is -2.13. The first-order valence-corrected chi connectivity index (χ1v) is 15.4. The third-order valence-electron chi connectivity index (χ3n) is 7.77. The van der Waals surface area contributed by atoms with Gasteiger partial charge in [0, 0.05) is 20.8 Å². The molecule has 40 heavy (non-hydrogen) atoms. The second kappa shape index (κ2) is 13.0. The average Bonchev–Trinajstić information content (AvgIpc) is 3.30. The Balaban J connectivity index is 1.58. The highest BCUT2D eigenvalue weighted by molar-refractivity contribution is 7.17. The summed E-state index contributed by atoms with van der Waals surface area (Å²) in [6, 6.07) is 15.3. The summed E-state index contributed by atoms with van der Waals surface area (Å²) < 4.78 is 5.23. The molecule has 0 aliphatic heterocycles. The molecule has 208 valence electrons. The maximum Gasteiger partial charge on any atom is 0.341 e. The minimum atomic E-state index is -0.396. The van der Waals surface area contributed by atoms with Crippen molar-refractivity contribution in [1.29, 1.82) is 0 Å². The molecule has 1 amide bonds. The molecule has 2 heterocycles. The Labute approximate surface area is 244 Å². The van der Waals surface area contributed by atoms with E-state index in [-0.39, 0.29) is 5.91 Å². The molecule has 0 saturated heterocycles. The number of rotatable bonds is 4. The van der Waals surface area contributed by atoms with E-state index in [0.29, 0.717) is 37.7 Å². The molecule has 4 aromatic rings. The molecule has 7 heteroatoms. The van der Waals surface area contributed by atoms with Crippen molar-refractivity contribution in [3.63, 3.8) is 0 Å². The number of aryl methyl sites for hydroxylation is 2. The number of benzene rings is 2. The number of methoxy groups -OCH3 is 1. The number of nitrogens with zero attached hydrogens (tertiary/aromatic N) is 1. The quantitative estimate of drug-likeness (QED) is 0.247. The molecular formula is C33H35ClN2O3S. The molecular weight excluding hydrogens is 540 g/mol. The standard InChI is InChI=1S/C33H35ClN2O3S/c1-21-26(34)19-18-23-25(20-27(35-30(21)23)22-14-10-9-11-15-22)31(37)36-32-29(33(38)39-2)24-16-12-7-5-3-4-6-8-13-17-28(24)40-32/h9-11,14-15,18-20H,3-8,12-13,16-17H2,1-2H3,(H,36,37). The summed E-state index contributed by atoms with van der Waals surface area (Å²) in [5, 5.41) is 5.00. The van der Waals surface area contributed by atoms with Gasteiger partial charge in [0.25, 0.3) is 5.91 Å². The van der Waals surface area contributed by atoms with E-state index in [9.17, 15) is 9.59 Å². The van der Waals surface area contributed by atoms with E-state index in [2.05, 4.69) is 5.32 Å². The van der Waals surface area contributed by atoms with Gasteiger partial charge < -0.3 is 10.1 Å². The minimum absolute atomic E-state index is 0.284. The zero-order valence-corrected chi connectivity index (χ0v) is 24.7. The van der Waals surface area contributed by atoms with E-state index in [1.807, 2.05) is 49.4 Å². The second-order valence-corrected chi connectivity index (χ2v) is 12.0. The third kappa shape index (κ3) is 6.08. The van der Waals surface area contributed by atoms with E-state index in [1.54, 1.807) is 6.07 Å². The maximum absolute atomic E-state index is 14.0. The lowest BCUT2D eigenvalue weighted by Crippen LogP contribution is -2.16. The second-order valence-electron chi connectivity index (χ2n) is 10.5. The number of pyridine rings is 1. The molecule has 2 aromatic carbocycles. The molecule has 0 radical (unpaired) electrons. The lowest BCUT2D eigenvalue weighted by atomic mass is 9.97. The normalized spacial score (nSPS) is 14.6. The molecule has 0 atom stereocenters. The first-order chi connectivity index (χ1) is 19.5. The van der Waals surface area contributed by atoms with Crippen LogP contribution in [0.3, 0.4) is 0 Å². The molecule has 2 aromatic heterocycles. The number of halogens is 1. The van der Waals surface area contributed by atoms with Gasteiger partial charge in [-0.25, -0.2) is 9.78 Å². The van der Waals surface area contributed by atoms with Crippen LogP contribution in [0, 0.1) is 6.92 Å². The van der Waals surface area contributed by atoms with Crippen LogP contribution in [-0.2, 0) is 17.6 Å². The van der Waals surface area contributed by atoms with Crippen LogP contribution >= 0.6 is 22.9 Å². The molecule has 0 saturated carbocycles. The number of hydrogen-bond donors (Lipinski definition) is 1. The zero-order chi connectivity index (χ0) is 28.1. The summed E-state index contributed by atoms with van der Waals surface area (Å²) >= 11 is 7.98. The first-order valence-electron chi connectivity index (χ1n) is 14.2. The number of nitrogens with one attached hydrogen (secondary N) is 1. The van der Waals surface area contributed by atoms with Gasteiger partial charge in [0.15, 0.2) is 0 Å². The van der Waals surface area contributed by atoms with Crippen molar-refractivity contribution in [3.8, 4) is 11.3 Å². The number of carbonyl (C=O) groups is 2. The summed E-state index contributed by atoms with van der Waals surface area (Å²) in [4.78, 5) is 33.2. The monoisotopic (exact) mass is 574 g/mol. The van der Waals surface area contributed by atoms with Gasteiger partial charge in [-0.1, -0.05) is 86.5 Å². The van der Waals surface area contributed by atoms with E-state index in [4.69, 9.17) is 21.3 Å². The number of ether oxygens (including phenoxy) is 1. The zero-order valence-electron chi connectivity index (χ0n) is 23.1. The number of amides is 1. The van der Waals surface area contributed by atoms with Crippen LogP contribution in [0.4, 0.5) is 5.00 Å². The highest BCUT2D eigenvalue weighted by Gasteiger charge is 2.26. The summed E-state index contributed by atoms with van der Waals surface area (Å²) in [5.41, 5.74) is 5.14. The molecule has 0 unspecified atom stereocenters. The number of hydrogen-bond acceptors (Lipinski definition) is 5. The molecule has 1 N–H and O–H groups in total.